The molecule has 4 heteroatoms. The minimum absolute atomic E-state index is 0.252. The number of benzene rings is 1. The number of hydrogen-bond acceptors (Lipinski definition) is 4. The molecule has 3 nitrogen and oxygen atoms in total. The predicted octanol–water partition coefficient (Wildman–Crippen LogP) is 4.75. The summed E-state index contributed by atoms with van der Waals surface area (Å²) < 4.78 is 5.44. The average Bonchev–Trinajstić information content (AvgIpc) is 3.25. The van der Waals surface area contributed by atoms with Crippen molar-refractivity contribution in [2.45, 2.75) is 38.8 Å². The quantitative estimate of drug-likeness (QED) is 0.643. The molecule has 0 unspecified atom stereocenters. The number of likely N-dealkylation sites (tertiary alicyclic amines) is 1. The normalized spacial score (nSPS) is 18.5. The van der Waals surface area contributed by atoms with E-state index >= 15 is 0 Å². The number of aryl methyl sites for hydroxylation is 1. The highest BCUT2D eigenvalue weighted by atomic mass is 32.1. The van der Waals surface area contributed by atoms with Crippen molar-refractivity contribution in [1.82, 2.24) is 4.90 Å². The zero-order valence-corrected chi connectivity index (χ0v) is 14.6. The molecule has 0 amide bonds. The monoisotopic (exact) mass is 339 g/mol. The number of fused-ring (bicyclic) bond motifs is 1. The van der Waals surface area contributed by atoms with Crippen molar-refractivity contribution in [3.63, 3.8) is 0 Å². The fraction of sp³-hybridized carbons (Fsp3) is 0.350. The summed E-state index contributed by atoms with van der Waals surface area (Å²) in [6.07, 6.45) is 3.35. The van der Waals surface area contributed by atoms with Crippen LogP contribution in [-0.4, -0.2) is 11.4 Å². The number of thiophene rings is 1. The van der Waals surface area contributed by atoms with Crippen LogP contribution in [0.25, 0.3) is 11.0 Å². The minimum Gasteiger partial charge on any atom is -0.423 e. The van der Waals surface area contributed by atoms with Crippen LogP contribution >= 0.6 is 11.3 Å². The van der Waals surface area contributed by atoms with E-state index in [9.17, 15) is 4.79 Å². The lowest BCUT2D eigenvalue weighted by Gasteiger charge is -2.24. The van der Waals surface area contributed by atoms with Gasteiger partial charge in [-0.15, -0.1) is 11.3 Å². The zero-order chi connectivity index (χ0) is 16.5. The Labute approximate surface area is 145 Å². The Kier molecular flexibility index (Phi) is 4.25. The highest BCUT2D eigenvalue weighted by Crippen LogP contribution is 2.36. The van der Waals surface area contributed by atoms with Crippen LogP contribution in [0.4, 0.5) is 0 Å². The molecule has 1 aliphatic rings. The Morgan fingerprint density at radius 2 is 2.21 bits per heavy atom. The van der Waals surface area contributed by atoms with Crippen LogP contribution in [0.2, 0.25) is 0 Å². The molecule has 3 aromatic rings. The van der Waals surface area contributed by atoms with E-state index in [2.05, 4.69) is 41.5 Å². The summed E-state index contributed by atoms with van der Waals surface area (Å²) in [6.45, 7) is 3.99. The van der Waals surface area contributed by atoms with E-state index in [-0.39, 0.29) is 5.63 Å². The van der Waals surface area contributed by atoms with E-state index in [1.165, 1.54) is 23.3 Å². The second-order valence-electron chi connectivity index (χ2n) is 6.42. The highest BCUT2D eigenvalue weighted by molar-refractivity contribution is 7.10. The molecule has 124 valence electrons. The predicted molar refractivity (Wildman–Crippen MR) is 98.6 cm³/mol. The zero-order valence-electron chi connectivity index (χ0n) is 13.8. The van der Waals surface area contributed by atoms with E-state index < -0.39 is 0 Å². The molecule has 1 saturated heterocycles. The van der Waals surface area contributed by atoms with Crippen molar-refractivity contribution in [3.05, 3.63) is 68.2 Å². The minimum atomic E-state index is -0.252. The molecule has 2 aromatic heterocycles. The summed E-state index contributed by atoms with van der Waals surface area (Å²) in [5.74, 6) is 0. The summed E-state index contributed by atoms with van der Waals surface area (Å²) in [5, 5.41) is 3.20. The Hall–Kier alpha value is -1.91. The molecule has 1 aliphatic heterocycles. The van der Waals surface area contributed by atoms with E-state index in [0.29, 0.717) is 11.6 Å². The van der Waals surface area contributed by atoms with Crippen LogP contribution < -0.4 is 5.63 Å². The first-order chi connectivity index (χ1) is 11.7. The van der Waals surface area contributed by atoms with E-state index in [1.54, 1.807) is 6.07 Å². The molecule has 0 saturated carbocycles. The average molecular weight is 339 g/mol. The molecule has 1 aromatic carbocycles. The Morgan fingerprint density at radius 1 is 1.29 bits per heavy atom. The third kappa shape index (κ3) is 2.92. The van der Waals surface area contributed by atoms with Crippen molar-refractivity contribution >= 4 is 22.3 Å². The van der Waals surface area contributed by atoms with Gasteiger partial charge in [-0.2, -0.15) is 0 Å². The summed E-state index contributed by atoms with van der Waals surface area (Å²) in [4.78, 5) is 15.9. The third-order valence-electron chi connectivity index (χ3n) is 4.91. The summed E-state index contributed by atoms with van der Waals surface area (Å²) >= 11 is 1.82. The molecule has 0 N–H and O–H groups in total. The Balaban J connectivity index is 1.70. The molecule has 3 heterocycles. The molecule has 0 spiro atoms. The standard InChI is InChI=1S/C20H21NO2S/c1-2-14-7-8-16-15(12-20(22)23-18(16)11-14)13-21-9-3-5-17(21)19-6-4-10-24-19/h4,6-8,10-12,17H,2-3,5,9,13H2,1H3/t17-/m0/s1. The molecule has 0 radical (unpaired) electrons. The van der Waals surface area contributed by atoms with Crippen molar-refractivity contribution in [2.24, 2.45) is 0 Å². The van der Waals surface area contributed by atoms with Crippen LogP contribution in [0.15, 0.2) is 51.0 Å². The van der Waals surface area contributed by atoms with Gasteiger partial charge in [0.25, 0.3) is 0 Å². The third-order valence-corrected chi connectivity index (χ3v) is 5.89. The molecule has 0 aliphatic carbocycles. The van der Waals surface area contributed by atoms with Gasteiger partial charge in [-0.25, -0.2) is 4.79 Å². The van der Waals surface area contributed by atoms with Gasteiger partial charge in [0.15, 0.2) is 0 Å². The maximum atomic E-state index is 12.0. The number of rotatable bonds is 4. The Bertz CT molecular complexity index is 898. The molecule has 1 atom stereocenters. The smallest absolute Gasteiger partial charge is 0.336 e. The first-order valence-corrected chi connectivity index (χ1v) is 9.45. The van der Waals surface area contributed by atoms with Crippen LogP contribution in [0, 0.1) is 0 Å². The first-order valence-electron chi connectivity index (χ1n) is 8.57. The van der Waals surface area contributed by atoms with Gasteiger partial charge >= 0.3 is 5.63 Å². The van der Waals surface area contributed by atoms with Gasteiger partial charge < -0.3 is 4.42 Å². The second kappa shape index (κ2) is 6.54. The van der Waals surface area contributed by atoms with Gasteiger partial charge in [0.1, 0.15) is 5.58 Å². The van der Waals surface area contributed by atoms with E-state index in [1.807, 2.05) is 17.4 Å². The van der Waals surface area contributed by atoms with Crippen LogP contribution in [0.5, 0.6) is 0 Å². The van der Waals surface area contributed by atoms with Crippen LogP contribution in [-0.2, 0) is 13.0 Å². The fourth-order valence-corrected chi connectivity index (χ4v) is 4.56. The maximum absolute atomic E-state index is 12.0. The largest absolute Gasteiger partial charge is 0.423 e. The lowest BCUT2D eigenvalue weighted by atomic mass is 10.1. The van der Waals surface area contributed by atoms with E-state index in [4.69, 9.17) is 4.42 Å². The number of nitrogens with zero attached hydrogens (tertiary/aromatic N) is 1. The Morgan fingerprint density at radius 3 is 3.00 bits per heavy atom. The van der Waals surface area contributed by atoms with Gasteiger partial charge in [-0.3, -0.25) is 4.90 Å². The van der Waals surface area contributed by atoms with Crippen LogP contribution in [0.1, 0.15) is 41.8 Å². The molecular weight excluding hydrogens is 318 g/mol. The van der Waals surface area contributed by atoms with Gasteiger partial charge in [0.2, 0.25) is 0 Å². The first kappa shape index (κ1) is 15.6. The summed E-state index contributed by atoms with van der Waals surface area (Å²) in [5.41, 5.74) is 2.73. The lowest BCUT2D eigenvalue weighted by Crippen LogP contribution is -2.23. The number of hydrogen-bond donors (Lipinski definition) is 0. The summed E-state index contributed by atoms with van der Waals surface area (Å²) in [7, 11) is 0. The van der Waals surface area contributed by atoms with Gasteiger partial charge in [-0.05, 0) is 54.4 Å². The fourth-order valence-electron chi connectivity index (χ4n) is 3.66. The van der Waals surface area contributed by atoms with Crippen molar-refractivity contribution in [2.75, 3.05) is 6.54 Å². The topological polar surface area (TPSA) is 33.5 Å². The molecular formula is C20H21NO2S. The molecule has 0 bridgehead atoms. The molecule has 24 heavy (non-hydrogen) atoms. The van der Waals surface area contributed by atoms with Crippen molar-refractivity contribution in [3.8, 4) is 0 Å². The van der Waals surface area contributed by atoms with Gasteiger partial charge in [0.05, 0.1) is 0 Å². The highest BCUT2D eigenvalue weighted by Gasteiger charge is 2.27. The SMILES string of the molecule is CCc1ccc2c(CN3CCC[C@H]3c3cccs3)cc(=O)oc2c1. The maximum Gasteiger partial charge on any atom is 0.336 e. The molecule has 1 fully saturated rings. The molecule has 4 rings (SSSR count). The van der Waals surface area contributed by atoms with Crippen molar-refractivity contribution < 1.29 is 4.42 Å². The van der Waals surface area contributed by atoms with E-state index in [0.717, 1.165) is 30.5 Å². The summed E-state index contributed by atoms with van der Waals surface area (Å²) in [6, 6.07) is 12.7. The van der Waals surface area contributed by atoms with Crippen LogP contribution in [0.3, 0.4) is 0 Å². The van der Waals surface area contributed by atoms with Crippen molar-refractivity contribution in [1.29, 1.82) is 0 Å². The van der Waals surface area contributed by atoms with Gasteiger partial charge in [0, 0.05) is 28.9 Å². The van der Waals surface area contributed by atoms with Gasteiger partial charge in [-0.1, -0.05) is 25.1 Å². The second-order valence-corrected chi connectivity index (χ2v) is 7.40. The lowest BCUT2D eigenvalue weighted by molar-refractivity contribution is 0.252.